The molecule has 1 saturated heterocycles. The number of aromatic nitrogens is 1. The van der Waals surface area contributed by atoms with Gasteiger partial charge in [0.15, 0.2) is 5.13 Å². The molecule has 1 aromatic heterocycles. The molecule has 0 atom stereocenters. The largest absolute Gasteiger partial charge is 0.382 e. The van der Waals surface area contributed by atoms with Gasteiger partial charge in [-0.1, -0.05) is 18.3 Å². The number of nitrogen functional groups attached to an aromatic ring is 1. The van der Waals surface area contributed by atoms with Crippen LogP contribution < -0.4 is 16.0 Å². The molecule has 6 nitrogen and oxygen atoms in total. The van der Waals surface area contributed by atoms with Gasteiger partial charge in [0.25, 0.3) is 5.91 Å². The Bertz CT molecular complexity index is 497. The van der Waals surface area contributed by atoms with E-state index >= 15 is 0 Å². The Hall–Kier alpha value is -1.34. The quantitative estimate of drug-likeness (QED) is 0.865. The maximum Gasteiger partial charge on any atom is 0.265 e. The molecule has 21 heavy (non-hydrogen) atoms. The van der Waals surface area contributed by atoms with Gasteiger partial charge in [-0.15, -0.1) is 0 Å². The summed E-state index contributed by atoms with van der Waals surface area (Å²) in [4.78, 5) is 19.0. The van der Waals surface area contributed by atoms with E-state index in [1.807, 2.05) is 18.9 Å². The van der Waals surface area contributed by atoms with Crippen LogP contribution in [0.5, 0.6) is 0 Å². The van der Waals surface area contributed by atoms with Crippen LogP contribution in [0.3, 0.4) is 0 Å². The Balaban J connectivity index is 1.98. The number of nitrogens with one attached hydrogen (secondary N) is 1. The lowest BCUT2D eigenvalue weighted by Crippen LogP contribution is -2.39. The third-order valence-corrected chi connectivity index (χ3v) is 5.21. The molecule has 0 saturated carbocycles. The number of hydrogen-bond acceptors (Lipinski definition) is 6. The molecule has 0 aliphatic carbocycles. The molecule has 0 bridgehead atoms. The summed E-state index contributed by atoms with van der Waals surface area (Å²) < 4.78 is 5.37. The van der Waals surface area contributed by atoms with Crippen molar-refractivity contribution in [3.63, 3.8) is 0 Å². The minimum absolute atomic E-state index is 0.108. The van der Waals surface area contributed by atoms with E-state index in [9.17, 15) is 4.79 Å². The molecule has 3 N–H and O–H groups in total. The zero-order valence-electron chi connectivity index (χ0n) is 12.9. The highest BCUT2D eigenvalue weighted by Crippen LogP contribution is 2.30. The van der Waals surface area contributed by atoms with Crippen LogP contribution in [0.1, 0.15) is 36.4 Å². The molecule has 1 fully saturated rings. The predicted molar refractivity (Wildman–Crippen MR) is 86.0 cm³/mol. The smallest absolute Gasteiger partial charge is 0.265 e. The zero-order chi connectivity index (χ0) is 15.5. The maximum atomic E-state index is 12.3. The van der Waals surface area contributed by atoms with Crippen LogP contribution in [0, 0.1) is 5.41 Å². The van der Waals surface area contributed by atoms with Gasteiger partial charge in [0, 0.05) is 33.4 Å². The van der Waals surface area contributed by atoms with Crippen molar-refractivity contribution in [1.29, 1.82) is 0 Å². The average molecular weight is 312 g/mol. The van der Waals surface area contributed by atoms with Gasteiger partial charge >= 0.3 is 0 Å². The van der Waals surface area contributed by atoms with Crippen molar-refractivity contribution >= 4 is 28.2 Å². The maximum absolute atomic E-state index is 12.3. The molecule has 1 amide bonds. The second kappa shape index (κ2) is 6.62. The summed E-state index contributed by atoms with van der Waals surface area (Å²) in [5, 5.41) is 3.77. The molecule has 0 aromatic carbocycles. The van der Waals surface area contributed by atoms with E-state index in [-0.39, 0.29) is 11.3 Å². The molecule has 2 rings (SSSR count). The summed E-state index contributed by atoms with van der Waals surface area (Å²) in [5.74, 6) is 0.179. The summed E-state index contributed by atoms with van der Waals surface area (Å²) in [7, 11) is 1.93. The minimum atomic E-state index is -0.131. The van der Waals surface area contributed by atoms with Gasteiger partial charge in [-0.25, -0.2) is 4.98 Å². The number of thiazole rings is 1. The van der Waals surface area contributed by atoms with Crippen molar-refractivity contribution in [3.05, 3.63) is 4.88 Å². The van der Waals surface area contributed by atoms with E-state index in [4.69, 9.17) is 10.5 Å². The highest BCUT2D eigenvalue weighted by Gasteiger charge is 2.28. The van der Waals surface area contributed by atoms with Crippen LogP contribution in [0.2, 0.25) is 0 Å². The molecule has 1 aliphatic rings. The first-order chi connectivity index (χ1) is 9.95. The number of nitrogens with two attached hydrogens (primary N) is 1. The molecular weight excluding hydrogens is 288 g/mol. The number of amides is 1. The number of rotatable bonds is 5. The van der Waals surface area contributed by atoms with Gasteiger partial charge < -0.3 is 20.7 Å². The number of carbonyl (C=O) groups excluding carboxylic acids is 1. The summed E-state index contributed by atoms with van der Waals surface area (Å²) in [6, 6.07) is 0. The summed E-state index contributed by atoms with van der Waals surface area (Å²) in [5.41, 5.74) is 5.98. The fourth-order valence-corrected chi connectivity index (χ4v) is 3.12. The number of hydrogen-bond donors (Lipinski definition) is 2. The Morgan fingerprint density at radius 3 is 2.81 bits per heavy atom. The van der Waals surface area contributed by atoms with Gasteiger partial charge in [0.2, 0.25) is 0 Å². The number of carbonyl (C=O) groups is 1. The fourth-order valence-electron chi connectivity index (χ4n) is 2.20. The molecule has 0 radical (unpaired) electrons. The van der Waals surface area contributed by atoms with Crippen molar-refractivity contribution in [3.8, 4) is 0 Å². The monoisotopic (exact) mass is 312 g/mol. The van der Waals surface area contributed by atoms with Crippen LogP contribution in [0.25, 0.3) is 0 Å². The molecular formula is C14H24N4O2S. The average Bonchev–Trinajstić information content (AvgIpc) is 2.87. The first-order valence-electron chi connectivity index (χ1n) is 7.28. The molecule has 1 aromatic rings. The number of ether oxygens (including phenoxy) is 1. The van der Waals surface area contributed by atoms with Crippen molar-refractivity contribution in [2.24, 2.45) is 5.41 Å². The highest BCUT2D eigenvalue weighted by molar-refractivity contribution is 7.18. The summed E-state index contributed by atoms with van der Waals surface area (Å²) >= 11 is 1.34. The van der Waals surface area contributed by atoms with Gasteiger partial charge in [-0.3, -0.25) is 4.79 Å². The third-order valence-electron chi connectivity index (χ3n) is 4.02. The number of anilines is 2. The first-order valence-corrected chi connectivity index (χ1v) is 8.10. The van der Waals surface area contributed by atoms with Gasteiger partial charge in [0.1, 0.15) is 10.7 Å². The summed E-state index contributed by atoms with van der Waals surface area (Å²) in [6.07, 6.45) is 1.94. The fraction of sp³-hybridized carbons (Fsp3) is 0.714. The number of nitrogens with zero attached hydrogens (tertiary/aromatic N) is 2. The van der Waals surface area contributed by atoms with Gasteiger partial charge in [-0.2, -0.15) is 0 Å². The minimum Gasteiger partial charge on any atom is -0.382 e. The molecule has 7 heteroatoms. The topological polar surface area (TPSA) is 80.5 Å². The molecule has 2 heterocycles. The van der Waals surface area contributed by atoms with E-state index in [0.717, 1.165) is 37.7 Å². The third kappa shape index (κ3) is 3.85. The second-order valence-corrected chi connectivity index (χ2v) is 6.81. The molecule has 0 spiro atoms. The molecule has 0 unspecified atom stereocenters. The van der Waals surface area contributed by atoms with E-state index in [0.29, 0.717) is 17.2 Å². The lowest BCUT2D eigenvalue weighted by Gasteiger charge is -2.33. The van der Waals surface area contributed by atoms with Crippen LogP contribution in [0.4, 0.5) is 10.9 Å². The van der Waals surface area contributed by atoms with Gasteiger partial charge in [-0.05, 0) is 25.2 Å². The van der Waals surface area contributed by atoms with E-state index in [2.05, 4.69) is 17.2 Å². The molecule has 1 aliphatic heterocycles. The Morgan fingerprint density at radius 2 is 2.19 bits per heavy atom. The standard InChI is InChI=1S/C14H24N4O2S/c1-4-18(3)13-17-11(15)10(21-13)12(19)16-9-14(2)5-7-20-8-6-14/h4-9,15H2,1-3H3,(H,16,19). The highest BCUT2D eigenvalue weighted by atomic mass is 32.1. The molecule has 118 valence electrons. The van der Waals surface area contributed by atoms with E-state index in [1.54, 1.807) is 0 Å². The predicted octanol–water partition coefficient (Wildman–Crippen LogP) is 1.73. The second-order valence-electron chi connectivity index (χ2n) is 5.83. The SMILES string of the molecule is CCN(C)c1nc(N)c(C(=O)NCC2(C)CCOCC2)s1. The lowest BCUT2D eigenvalue weighted by atomic mass is 9.82. The van der Waals surface area contributed by atoms with Crippen molar-refractivity contribution in [2.75, 3.05) is 44.0 Å². The Morgan fingerprint density at radius 1 is 1.52 bits per heavy atom. The lowest BCUT2D eigenvalue weighted by molar-refractivity contribution is 0.0239. The van der Waals surface area contributed by atoms with Crippen LogP contribution in [-0.2, 0) is 4.74 Å². The van der Waals surface area contributed by atoms with Crippen LogP contribution >= 0.6 is 11.3 Å². The van der Waals surface area contributed by atoms with E-state index < -0.39 is 0 Å². The van der Waals surface area contributed by atoms with E-state index in [1.165, 1.54) is 11.3 Å². The van der Waals surface area contributed by atoms with Crippen molar-refractivity contribution < 1.29 is 9.53 Å². The Kier molecular flexibility index (Phi) is 5.05. The first kappa shape index (κ1) is 16.0. The van der Waals surface area contributed by atoms with Crippen LogP contribution in [-0.4, -0.2) is 44.2 Å². The van der Waals surface area contributed by atoms with Crippen LogP contribution in [0.15, 0.2) is 0 Å². The van der Waals surface area contributed by atoms with Gasteiger partial charge in [0.05, 0.1) is 0 Å². The normalized spacial score (nSPS) is 17.5. The summed E-state index contributed by atoms with van der Waals surface area (Å²) in [6.45, 7) is 7.21. The zero-order valence-corrected chi connectivity index (χ0v) is 13.8. The van der Waals surface area contributed by atoms with Crippen molar-refractivity contribution in [1.82, 2.24) is 10.3 Å². The van der Waals surface area contributed by atoms with Crippen molar-refractivity contribution in [2.45, 2.75) is 26.7 Å². The Labute approximate surface area is 129 Å².